The van der Waals surface area contributed by atoms with Gasteiger partial charge in [-0.15, -0.1) is 0 Å². The molecule has 2 heterocycles. The first-order chi connectivity index (χ1) is 24.2. The van der Waals surface area contributed by atoms with E-state index >= 15 is 0 Å². The quantitative estimate of drug-likeness (QED) is 0.0634. The summed E-state index contributed by atoms with van der Waals surface area (Å²) in [6.45, 7) is 10.7. The van der Waals surface area contributed by atoms with Gasteiger partial charge in [0.05, 0.1) is 26.0 Å². The third-order valence-electron chi connectivity index (χ3n) is 9.27. The molecule has 0 spiro atoms. The predicted molar refractivity (Wildman–Crippen MR) is 182 cm³/mol. The Morgan fingerprint density at radius 1 is 0.769 bits per heavy atom. The third-order valence-corrected chi connectivity index (χ3v) is 9.27. The number of hydrogen-bond donors (Lipinski definition) is 11. The van der Waals surface area contributed by atoms with Gasteiger partial charge in [-0.25, -0.2) is 0 Å². The number of aliphatic hydroxyl groups is 11. The average Bonchev–Trinajstić information content (AvgIpc) is 3.09. The van der Waals surface area contributed by atoms with Crippen molar-refractivity contribution in [3.05, 3.63) is 35.4 Å². The van der Waals surface area contributed by atoms with Crippen LogP contribution < -0.4 is 0 Å². The lowest BCUT2D eigenvalue weighted by Crippen LogP contribution is -2.65. The average molecular weight is 750 g/mol. The van der Waals surface area contributed by atoms with E-state index in [1.54, 1.807) is 0 Å². The molecular formula is C35H59NO16. The first-order valence-electron chi connectivity index (χ1n) is 17.4. The van der Waals surface area contributed by atoms with Gasteiger partial charge in [0.25, 0.3) is 0 Å². The summed E-state index contributed by atoms with van der Waals surface area (Å²) in [4.78, 5) is 5.31. The summed E-state index contributed by atoms with van der Waals surface area (Å²) in [7, 11) is 0. The number of hydrogen-bond acceptors (Lipinski definition) is 17. The molecule has 15 atom stereocenters. The van der Waals surface area contributed by atoms with E-state index in [9.17, 15) is 56.2 Å². The van der Waals surface area contributed by atoms with Crippen LogP contribution in [0.15, 0.2) is 29.4 Å². The maximum atomic E-state index is 10.9. The lowest BCUT2D eigenvalue weighted by Gasteiger charge is -2.46. The van der Waals surface area contributed by atoms with Crippen LogP contribution in [0.4, 0.5) is 0 Å². The van der Waals surface area contributed by atoms with Gasteiger partial charge in [-0.1, -0.05) is 71.0 Å². The molecule has 0 amide bonds. The molecule has 0 saturated carbocycles. The number of nitrogens with zero attached hydrogens (tertiary/aromatic N) is 1. The van der Waals surface area contributed by atoms with Gasteiger partial charge in [-0.3, -0.25) is 0 Å². The maximum Gasteiger partial charge on any atom is 0.187 e. The molecule has 0 bridgehead atoms. The minimum Gasteiger partial charge on any atom is -0.394 e. The molecule has 17 heteroatoms. The number of ether oxygens (including phenoxy) is 4. The summed E-state index contributed by atoms with van der Waals surface area (Å²) in [6.07, 6.45) is -23.1. The van der Waals surface area contributed by atoms with Crippen molar-refractivity contribution in [1.82, 2.24) is 0 Å². The van der Waals surface area contributed by atoms with E-state index in [-0.39, 0.29) is 17.4 Å². The number of aliphatic hydroxyl groups excluding tert-OH is 11. The number of rotatable bonds is 16. The van der Waals surface area contributed by atoms with Crippen LogP contribution in [0, 0.1) is 10.8 Å². The highest BCUT2D eigenvalue weighted by Crippen LogP contribution is 2.43. The van der Waals surface area contributed by atoms with Crippen LogP contribution in [0.25, 0.3) is 0 Å². The minimum atomic E-state index is -2.01. The summed E-state index contributed by atoms with van der Waals surface area (Å²) in [5.41, 5.74) is 2.18. The Morgan fingerprint density at radius 3 is 1.88 bits per heavy atom. The SMILES string of the molecule is CC(C)(C)CC(c1ccc(CON=CC(O)C(O)C(OC2OC(CO)C(OC3OC(CO)C(O)C(O)C3O)C(O)C2O)C(O)CO)cc1)C(C)(C)C. The molecular weight excluding hydrogens is 690 g/mol. The minimum absolute atomic E-state index is 0.0349. The highest BCUT2D eigenvalue weighted by Gasteiger charge is 2.52. The molecule has 17 nitrogen and oxygen atoms in total. The Morgan fingerprint density at radius 2 is 1.35 bits per heavy atom. The zero-order valence-electron chi connectivity index (χ0n) is 30.5. The van der Waals surface area contributed by atoms with Crippen molar-refractivity contribution in [3.63, 3.8) is 0 Å². The molecule has 300 valence electrons. The first-order valence-corrected chi connectivity index (χ1v) is 17.4. The zero-order valence-corrected chi connectivity index (χ0v) is 30.5. The molecule has 2 saturated heterocycles. The molecule has 11 N–H and O–H groups in total. The van der Waals surface area contributed by atoms with E-state index in [0.717, 1.165) is 18.2 Å². The second-order valence-corrected chi connectivity index (χ2v) is 15.8. The molecule has 2 fully saturated rings. The van der Waals surface area contributed by atoms with Crippen LogP contribution in [0.3, 0.4) is 0 Å². The first kappa shape index (κ1) is 44.5. The van der Waals surface area contributed by atoms with Gasteiger partial charge >= 0.3 is 0 Å². The van der Waals surface area contributed by atoms with Crippen molar-refractivity contribution in [2.45, 2.75) is 146 Å². The fourth-order valence-electron chi connectivity index (χ4n) is 6.21. The van der Waals surface area contributed by atoms with Crippen molar-refractivity contribution >= 4 is 6.21 Å². The second-order valence-electron chi connectivity index (χ2n) is 15.8. The van der Waals surface area contributed by atoms with Crippen molar-refractivity contribution in [2.24, 2.45) is 16.0 Å². The molecule has 3 rings (SSSR count). The Labute approximate surface area is 303 Å². The Balaban J connectivity index is 1.63. The van der Waals surface area contributed by atoms with Gasteiger partial charge < -0.3 is 80.0 Å². The highest BCUT2D eigenvalue weighted by atomic mass is 16.7. The molecule has 1 aromatic carbocycles. The number of oxime groups is 1. The summed E-state index contributed by atoms with van der Waals surface area (Å²) in [5, 5.41) is 117. The van der Waals surface area contributed by atoms with Crippen LogP contribution >= 0.6 is 0 Å². The van der Waals surface area contributed by atoms with Gasteiger partial charge in [-0.2, -0.15) is 0 Å². The van der Waals surface area contributed by atoms with E-state index in [1.165, 1.54) is 5.56 Å². The Bertz CT molecular complexity index is 1220. The summed E-state index contributed by atoms with van der Waals surface area (Å²) < 4.78 is 21.8. The van der Waals surface area contributed by atoms with Crippen LogP contribution in [-0.4, -0.2) is 168 Å². The fourth-order valence-corrected chi connectivity index (χ4v) is 6.21. The molecule has 0 aromatic heterocycles. The predicted octanol–water partition coefficient (Wildman–Crippen LogP) is -2.16. The van der Waals surface area contributed by atoms with Crippen LogP contribution in [0.2, 0.25) is 0 Å². The molecule has 0 radical (unpaired) electrons. The van der Waals surface area contributed by atoms with E-state index < -0.39 is 106 Å². The van der Waals surface area contributed by atoms with Gasteiger partial charge in [-0.05, 0) is 34.3 Å². The largest absolute Gasteiger partial charge is 0.394 e. The topological polar surface area (TPSA) is 281 Å². The molecule has 52 heavy (non-hydrogen) atoms. The van der Waals surface area contributed by atoms with Gasteiger partial charge in [0.2, 0.25) is 0 Å². The molecule has 2 aliphatic rings. The van der Waals surface area contributed by atoms with E-state index in [2.05, 4.69) is 46.7 Å². The monoisotopic (exact) mass is 749 g/mol. The molecule has 2 aliphatic heterocycles. The fraction of sp³-hybridized carbons (Fsp3) is 0.800. The molecule has 15 unspecified atom stereocenters. The van der Waals surface area contributed by atoms with Crippen LogP contribution in [-0.2, 0) is 30.4 Å². The summed E-state index contributed by atoms with van der Waals surface area (Å²) in [6, 6.07) is 7.93. The number of benzene rings is 1. The summed E-state index contributed by atoms with van der Waals surface area (Å²) >= 11 is 0. The second kappa shape index (κ2) is 19.1. The normalized spacial score (nSPS) is 33.4. The van der Waals surface area contributed by atoms with Gasteiger partial charge in [0.1, 0.15) is 79.9 Å². The van der Waals surface area contributed by atoms with E-state index in [4.69, 9.17) is 23.8 Å². The summed E-state index contributed by atoms with van der Waals surface area (Å²) in [5.74, 6) is 0.325. The molecule has 1 aromatic rings. The van der Waals surface area contributed by atoms with Crippen molar-refractivity contribution in [3.8, 4) is 0 Å². The maximum absolute atomic E-state index is 10.9. The van der Waals surface area contributed by atoms with Crippen molar-refractivity contribution < 1.29 is 80.0 Å². The third kappa shape index (κ3) is 11.5. The lowest BCUT2D eigenvalue weighted by molar-refractivity contribution is -0.367. The van der Waals surface area contributed by atoms with Crippen LogP contribution in [0.5, 0.6) is 0 Å². The Hall–Kier alpha value is -1.91. The van der Waals surface area contributed by atoms with E-state index in [0.29, 0.717) is 5.92 Å². The smallest absolute Gasteiger partial charge is 0.187 e. The van der Waals surface area contributed by atoms with Gasteiger partial charge in [0, 0.05) is 0 Å². The van der Waals surface area contributed by atoms with Crippen molar-refractivity contribution in [2.75, 3.05) is 19.8 Å². The van der Waals surface area contributed by atoms with Crippen molar-refractivity contribution in [1.29, 1.82) is 0 Å². The Kier molecular flexibility index (Phi) is 16.3. The van der Waals surface area contributed by atoms with Crippen LogP contribution in [0.1, 0.15) is 65.0 Å². The lowest BCUT2D eigenvalue weighted by atomic mass is 9.69. The molecule has 0 aliphatic carbocycles. The van der Waals surface area contributed by atoms with Gasteiger partial charge in [0.15, 0.2) is 12.6 Å². The zero-order chi connectivity index (χ0) is 39.1. The standard InChI is InChI=1S/C35H59NO16/c1-34(2,3)11-19(35(4,5)6)18-9-7-17(8-10-18)16-48-36-12-20(40)24(42)30(21(41)13-37)51-33-29(47)27(45)31(23(15-39)50-33)52-32-28(46)26(44)25(43)22(14-38)49-32/h7-10,12,19-33,37-47H,11,13-16H2,1-6H3. The van der Waals surface area contributed by atoms with E-state index in [1.807, 2.05) is 24.3 Å². The highest BCUT2D eigenvalue weighted by molar-refractivity contribution is 5.63.